The van der Waals surface area contributed by atoms with Crippen LogP contribution in [0.2, 0.25) is 5.02 Å². The molecule has 0 saturated carbocycles. The first-order chi connectivity index (χ1) is 12.0. The first-order valence-corrected chi connectivity index (χ1v) is 8.97. The highest BCUT2D eigenvalue weighted by Crippen LogP contribution is 2.24. The van der Waals surface area contributed by atoms with Gasteiger partial charge >= 0.3 is 0 Å². The van der Waals surface area contributed by atoms with Crippen LogP contribution in [0.3, 0.4) is 0 Å². The smallest absolute Gasteiger partial charge is 0.228 e. The Hall–Kier alpha value is -2.04. The zero-order valence-electron chi connectivity index (χ0n) is 14.8. The fourth-order valence-corrected chi connectivity index (χ4v) is 3.25. The number of benzene rings is 2. The van der Waals surface area contributed by atoms with Crippen molar-refractivity contribution in [3.8, 4) is 0 Å². The Balaban J connectivity index is 1.62. The van der Waals surface area contributed by atoms with Gasteiger partial charge in [0, 0.05) is 42.6 Å². The molecule has 5 heteroatoms. The van der Waals surface area contributed by atoms with E-state index < -0.39 is 0 Å². The predicted molar refractivity (Wildman–Crippen MR) is 105 cm³/mol. The van der Waals surface area contributed by atoms with E-state index in [9.17, 15) is 4.79 Å². The maximum Gasteiger partial charge on any atom is 0.228 e. The van der Waals surface area contributed by atoms with E-state index in [2.05, 4.69) is 35.2 Å². The topological polar surface area (TPSA) is 35.6 Å². The lowest BCUT2D eigenvalue weighted by molar-refractivity contribution is -0.115. The first-order valence-electron chi connectivity index (χ1n) is 8.60. The number of carbonyl (C=O) groups is 1. The van der Waals surface area contributed by atoms with Gasteiger partial charge in [-0.05, 0) is 55.4 Å². The number of likely N-dealkylation sites (N-methyl/N-ethyl adjacent to an activating group) is 1. The minimum absolute atomic E-state index is 0.0194. The van der Waals surface area contributed by atoms with E-state index in [1.54, 1.807) is 12.1 Å². The predicted octanol–water partition coefficient (Wildman–Crippen LogP) is 3.58. The third-order valence-corrected chi connectivity index (χ3v) is 4.85. The Kier molecular flexibility index (Phi) is 5.61. The average molecular weight is 358 g/mol. The number of hydrogen-bond acceptors (Lipinski definition) is 3. The number of rotatable bonds is 4. The van der Waals surface area contributed by atoms with E-state index in [1.807, 2.05) is 24.3 Å². The zero-order valence-corrected chi connectivity index (χ0v) is 15.5. The molecule has 25 heavy (non-hydrogen) atoms. The highest BCUT2D eigenvalue weighted by molar-refractivity contribution is 6.30. The molecule has 0 radical (unpaired) electrons. The monoisotopic (exact) mass is 357 g/mol. The van der Waals surface area contributed by atoms with Gasteiger partial charge in [-0.25, -0.2) is 0 Å². The SMILES string of the molecule is Cc1cc(NC(=O)Cc2ccc(Cl)cc2)ccc1N1CCN(C)CC1. The van der Waals surface area contributed by atoms with Crippen LogP contribution in [0.5, 0.6) is 0 Å². The van der Waals surface area contributed by atoms with Crippen LogP contribution in [0.15, 0.2) is 42.5 Å². The molecule has 0 aliphatic carbocycles. The van der Waals surface area contributed by atoms with Gasteiger partial charge < -0.3 is 15.1 Å². The van der Waals surface area contributed by atoms with Gasteiger partial charge in [0.2, 0.25) is 5.91 Å². The second-order valence-electron chi connectivity index (χ2n) is 6.64. The van der Waals surface area contributed by atoms with E-state index in [0.29, 0.717) is 11.4 Å². The molecular formula is C20H24ClN3O. The van der Waals surface area contributed by atoms with Crippen molar-refractivity contribution >= 4 is 28.9 Å². The Morgan fingerprint density at radius 2 is 1.76 bits per heavy atom. The summed E-state index contributed by atoms with van der Waals surface area (Å²) in [5.74, 6) is -0.0194. The fraction of sp³-hybridized carbons (Fsp3) is 0.350. The van der Waals surface area contributed by atoms with Gasteiger partial charge in [-0.1, -0.05) is 23.7 Å². The lowest BCUT2D eigenvalue weighted by Gasteiger charge is -2.35. The van der Waals surface area contributed by atoms with Crippen LogP contribution in [0.4, 0.5) is 11.4 Å². The first kappa shape index (κ1) is 17.8. The Labute approximate surface area is 154 Å². The second kappa shape index (κ2) is 7.89. The van der Waals surface area contributed by atoms with Crippen molar-refractivity contribution in [3.63, 3.8) is 0 Å². The molecule has 1 saturated heterocycles. The molecule has 1 aliphatic rings. The number of halogens is 1. The lowest BCUT2D eigenvalue weighted by atomic mass is 10.1. The standard InChI is InChI=1S/C20H24ClN3O/c1-15-13-18(7-8-19(15)24-11-9-23(2)10-12-24)22-20(25)14-16-3-5-17(21)6-4-16/h3-8,13H,9-12,14H2,1-2H3,(H,22,25). The molecule has 2 aromatic carbocycles. The van der Waals surface area contributed by atoms with Crippen molar-refractivity contribution in [1.82, 2.24) is 4.90 Å². The highest BCUT2D eigenvalue weighted by atomic mass is 35.5. The van der Waals surface area contributed by atoms with E-state index in [1.165, 1.54) is 11.3 Å². The summed E-state index contributed by atoms with van der Waals surface area (Å²) in [6, 6.07) is 13.5. The number of nitrogens with zero attached hydrogens (tertiary/aromatic N) is 2. The zero-order chi connectivity index (χ0) is 17.8. The maximum absolute atomic E-state index is 12.2. The van der Waals surface area contributed by atoms with Crippen molar-refractivity contribution in [2.24, 2.45) is 0 Å². The van der Waals surface area contributed by atoms with E-state index >= 15 is 0 Å². The molecule has 3 rings (SSSR count). The molecule has 4 nitrogen and oxygen atoms in total. The number of amides is 1. The second-order valence-corrected chi connectivity index (χ2v) is 7.08. The Bertz CT molecular complexity index is 737. The summed E-state index contributed by atoms with van der Waals surface area (Å²) in [6.07, 6.45) is 0.344. The molecule has 1 N–H and O–H groups in total. The van der Waals surface area contributed by atoms with E-state index in [4.69, 9.17) is 11.6 Å². The fourth-order valence-electron chi connectivity index (χ4n) is 3.13. The number of carbonyl (C=O) groups excluding carboxylic acids is 1. The number of nitrogens with one attached hydrogen (secondary N) is 1. The summed E-state index contributed by atoms with van der Waals surface area (Å²) in [7, 11) is 2.16. The van der Waals surface area contributed by atoms with Crippen molar-refractivity contribution in [2.75, 3.05) is 43.4 Å². The molecular weight excluding hydrogens is 334 g/mol. The number of anilines is 2. The molecule has 0 spiro atoms. The molecule has 0 aromatic heterocycles. The summed E-state index contributed by atoms with van der Waals surface area (Å²) in [4.78, 5) is 17.0. The van der Waals surface area contributed by atoms with Crippen LogP contribution in [0.25, 0.3) is 0 Å². The van der Waals surface area contributed by atoms with Gasteiger partial charge in [0.05, 0.1) is 6.42 Å². The number of hydrogen-bond donors (Lipinski definition) is 1. The van der Waals surface area contributed by atoms with E-state index in [-0.39, 0.29) is 5.91 Å². The average Bonchev–Trinajstić information content (AvgIpc) is 2.58. The Morgan fingerprint density at radius 1 is 1.08 bits per heavy atom. The van der Waals surface area contributed by atoms with Crippen LogP contribution in [-0.2, 0) is 11.2 Å². The summed E-state index contributed by atoms with van der Waals surface area (Å²) in [6.45, 7) is 6.35. The summed E-state index contributed by atoms with van der Waals surface area (Å²) in [5.41, 5.74) is 4.24. The summed E-state index contributed by atoms with van der Waals surface area (Å²) >= 11 is 5.88. The molecule has 1 heterocycles. The molecule has 0 atom stereocenters. The van der Waals surface area contributed by atoms with Crippen molar-refractivity contribution < 1.29 is 4.79 Å². The molecule has 0 bridgehead atoms. The largest absolute Gasteiger partial charge is 0.369 e. The van der Waals surface area contributed by atoms with Crippen LogP contribution in [-0.4, -0.2) is 44.0 Å². The van der Waals surface area contributed by atoms with Crippen LogP contribution in [0, 0.1) is 6.92 Å². The van der Waals surface area contributed by atoms with E-state index in [0.717, 1.165) is 37.4 Å². The third-order valence-electron chi connectivity index (χ3n) is 4.60. The van der Waals surface area contributed by atoms with Gasteiger partial charge in [0.1, 0.15) is 0 Å². The molecule has 132 valence electrons. The molecule has 1 aliphatic heterocycles. The van der Waals surface area contributed by atoms with Gasteiger partial charge in [-0.15, -0.1) is 0 Å². The number of piperazine rings is 1. The van der Waals surface area contributed by atoms with Gasteiger partial charge in [0.25, 0.3) is 0 Å². The normalized spacial score (nSPS) is 15.2. The van der Waals surface area contributed by atoms with Gasteiger partial charge in [-0.3, -0.25) is 4.79 Å². The molecule has 0 unspecified atom stereocenters. The summed E-state index contributed by atoms with van der Waals surface area (Å²) in [5, 5.41) is 3.66. The molecule has 1 amide bonds. The van der Waals surface area contributed by atoms with Crippen molar-refractivity contribution in [2.45, 2.75) is 13.3 Å². The van der Waals surface area contributed by atoms with Crippen molar-refractivity contribution in [3.05, 3.63) is 58.6 Å². The number of aryl methyl sites for hydroxylation is 1. The van der Waals surface area contributed by atoms with Gasteiger partial charge in [-0.2, -0.15) is 0 Å². The van der Waals surface area contributed by atoms with Gasteiger partial charge in [0.15, 0.2) is 0 Å². The summed E-state index contributed by atoms with van der Waals surface area (Å²) < 4.78 is 0. The van der Waals surface area contributed by atoms with Crippen molar-refractivity contribution in [1.29, 1.82) is 0 Å². The molecule has 1 fully saturated rings. The third kappa shape index (κ3) is 4.74. The lowest BCUT2D eigenvalue weighted by Crippen LogP contribution is -2.44. The maximum atomic E-state index is 12.2. The minimum atomic E-state index is -0.0194. The van der Waals surface area contributed by atoms with Crippen LogP contribution >= 0.6 is 11.6 Å². The highest BCUT2D eigenvalue weighted by Gasteiger charge is 2.16. The quantitative estimate of drug-likeness (QED) is 0.908. The molecule has 2 aromatic rings. The van der Waals surface area contributed by atoms with Crippen LogP contribution < -0.4 is 10.2 Å². The Morgan fingerprint density at radius 3 is 2.40 bits per heavy atom. The minimum Gasteiger partial charge on any atom is -0.369 e. The van der Waals surface area contributed by atoms with Crippen LogP contribution in [0.1, 0.15) is 11.1 Å².